The van der Waals surface area contributed by atoms with Crippen LogP contribution in [0.25, 0.3) is 21.3 Å². The fourth-order valence-corrected chi connectivity index (χ4v) is 9.71. The number of thiazole rings is 1. The van der Waals surface area contributed by atoms with Gasteiger partial charge in [0.15, 0.2) is 0 Å². The molecule has 0 radical (unpaired) electrons. The van der Waals surface area contributed by atoms with E-state index in [1.807, 2.05) is 67.3 Å². The van der Waals surface area contributed by atoms with Gasteiger partial charge in [-0.2, -0.15) is 0 Å². The molecule has 2 aromatic heterocycles. The monoisotopic (exact) mass is 916 g/mol. The first-order chi connectivity index (χ1) is 30.8. The van der Waals surface area contributed by atoms with Gasteiger partial charge in [0, 0.05) is 72.8 Å². The van der Waals surface area contributed by atoms with Crippen LogP contribution < -0.4 is 15.4 Å². The molecule has 0 spiro atoms. The normalized spacial score (nSPS) is 19.6. The molecule has 3 amide bonds. The minimum Gasteiger partial charge on any atom is -0.493 e. The molecule has 2 aliphatic heterocycles. The maximum atomic E-state index is 16.1. The van der Waals surface area contributed by atoms with Crippen molar-refractivity contribution >= 4 is 40.0 Å². The number of aliphatic hydroxyl groups excluding tert-OH is 1. The van der Waals surface area contributed by atoms with E-state index in [0.717, 1.165) is 50.3 Å². The molecular weight excluding hydrogens is 858 g/mol. The summed E-state index contributed by atoms with van der Waals surface area (Å²) in [5.74, 6) is -3.12. The number of hydrogen-bond donors (Lipinski definition) is 4. The lowest BCUT2D eigenvalue weighted by Gasteiger charge is -2.43. The molecule has 348 valence electrons. The Morgan fingerprint density at radius 1 is 1.03 bits per heavy atom. The number of nitrogens with one attached hydrogen (secondary N) is 3. The summed E-state index contributed by atoms with van der Waals surface area (Å²) >= 11 is 1.56. The van der Waals surface area contributed by atoms with E-state index in [4.69, 9.17) is 9.47 Å². The van der Waals surface area contributed by atoms with Gasteiger partial charge in [0.05, 0.1) is 41.4 Å². The van der Waals surface area contributed by atoms with Crippen molar-refractivity contribution in [2.24, 2.45) is 5.41 Å². The molecule has 4 N–H and O–H groups in total. The average Bonchev–Trinajstić information content (AvgIpc) is 3.96. The predicted molar refractivity (Wildman–Crippen MR) is 244 cm³/mol. The van der Waals surface area contributed by atoms with Crippen molar-refractivity contribution in [1.82, 2.24) is 30.4 Å². The SMILES string of the molecule is Cc1ncsc1-c1ccc(CNC(=O)[C@@H]2C[C@@H](O)CN2C(=O)C(NC(=O)COCCCOc2cc(F)c([C@@H]3c4[nH]c5ccccc5c4C[C@@H](C)N3CC(C)(C)F)c(F)c2)C(C)(C)C)cc1. The van der Waals surface area contributed by atoms with E-state index in [0.29, 0.717) is 12.1 Å². The Hall–Kier alpha value is -5.29. The highest BCUT2D eigenvalue weighted by molar-refractivity contribution is 7.13. The fourth-order valence-electron chi connectivity index (χ4n) is 8.90. The minimum absolute atomic E-state index is 0.0242. The lowest BCUT2D eigenvalue weighted by Crippen LogP contribution is -2.58. The summed E-state index contributed by atoms with van der Waals surface area (Å²) in [5.41, 5.74) is 4.50. The van der Waals surface area contributed by atoms with Crippen LogP contribution in [0.2, 0.25) is 0 Å². The van der Waals surface area contributed by atoms with Gasteiger partial charge in [0.2, 0.25) is 17.7 Å². The number of alkyl halides is 1. The maximum absolute atomic E-state index is 16.1. The van der Waals surface area contributed by atoms with Gasteiger partial charge in [0.25, 0.3) is 0 Å². The Kier molecular flexibility index (Phi) is 14.4. The number of fused-ring (bicyclic) bond motifs is 3. The van der Waals surface area contributed by atoms with Crippen LogP contribution in [0.1, 0.15) is 88.5 Å². The number of aromatic nitrogens is 2. The van der Waals surface area contributed by atoms with E-state index in [2.05, 4.69) is 20.6 Å². The van der Waals surface area contributed by atoms with Crippen molar-refractivity contribution in [2.75, 3.05) is 32.9 Å². The first kappa shape index (κ1) is 47.7. The molecule has 5 aromatic rings. The summed E-state index contributed by atoms with van der Waals surface area (Å²) in [6.07, 6.45) is 0.0100. The largest absolute Gasteiger partial charge is 0.493 e. The molecule has 0 saturated carbocycles. The first-order valence-corrected chi connectivity index (χ1v) is 23.0. The second kappa shape index (κ2) is 19.7. The molecule has 3 aromatic carbocycles. The summed E-state index contributed by atoms with van der Waals surface area (Å²) in [6, 6.07) is 14.7. The summed E-state index contributed by atoms with van der Waals surface area (Å²) in [6.45, 7) is 12.0. The van der Waals surface area contributed by atoms with Crippen molar-refractivity contribution in [1.29, 1.82) is 0 Å². The van der Waals surface area contributed by atoms with Crippen LogP contribution in [0.5, 0.6) is 5.75 Å². The predicted octanol–water partition coefficient (Wildman–Crippen LogP) is 7.56. The molecule has 16 heteroatoms. The standard InChI is InChI=1S/C49H59F3N6O6S/c1-28-19-35-34-11-8-9-12-38(34)55-42(35)43(58(28)26-49(6,7)52)41-36(50)21-33(22-37(41)51)64-18-10-17-63-25-40(60)56-45(48(3,4)5)47(62)57-24-32(59)20-39(57)46(61)53-23-30-13-15-31(16-14-30)44-29(2)54-27-65-44/h8-9,11-16,21-22,27-28,32,39,43,45,55,59H,10,17-20,23-26H2,1-7H3,(H,53,61)(H,56,60)/t28-,32-,39+,43-,45?/m1/s1. The third kappa shape index (κ3) is 11.1. The molecule has 1 unspecified atom stereocenters. The number of likely N-dealkylation sites (tertiary alicyclic amines) is 1. The van der Waals surface area contributed by atoms with Gasteiger partial charge in [-0.1, -0.05) is 63.2 Å². The van der Waals surface area contributed by atoms with Gasteiger partial charge in [-0.05, 0) is 62.3 Å². The number of amides is 3. The van der Waals surface area contributed by atoms with Crippen molar-refractivity contribution in [3.05, 3.63) is 106 Å². The molecular formula is C49H59F3N6O6S. The number of hydrogen-bond acceptors (Lipinski definition) is 9. The zero-order chi connectivity index (χ0) is 46.8. The Balaban J connectivity index is 0.910. The molecule has 1 fully saturated rings. The van der Waals surface area contributed by atoms with E-state index < -0.39 is 64.7 Å². The summed E-state index contributed by atoms with van der Waals surface area (Å²) in [7, 11) is 0. The summed E-state index contributed by atoms with van der Waals surface area (Å²) < 4.78 is 58.7. The van der Waals surface area contributed by atoms with E-state index in [-0.39, 0.29) is 69.7 Å². The number of aromatic amines is 1. The number of nitrogens with zero attached hydrogens (tertiary/aromatic N) is 3. The van der Waals surface area contributed by atoms with Crippen LogP contribution in [0, 0.1) is 24.0 Å². The summed E-state index contributed by atoms with van der Waals surface area (Å²) in [5, 5.41) is 17.2. The van der Waals surface area contributed by atoms with Gasteiger partial charge in [-0.15, -0.1) is 11.3 Å². The number of carbonyl (C=O) groups excluding carboxylic acids is 3. The molecule has 0 bridgehead atoms. The van der Waals surface area contributed by atoms with Gasteiger partial charge in [-0.25, -0.2) is 18.2 Å². The third-order valence-corrected chi connectivity index (χ3v) is 13.0. The number of carbonyl (C=O) groups is 3. The van der Waals surface area contributed by atoms with Crippen LogP contribution >= 0.6 is 11.3 Å². The minimum atomic E-state index is -1.63. The number of halogens is 3. The van der Waals surface area contributed by atoms with Crippen molar-refractivity contribution in [3.8, 4) is 16.2 Å². The van der Waals surface area contributed by atoms with Gasteiger partial charge < -0.3 is 35.1 Å². The smallest absolute Gasteiger partial charge is 0.246 e. The van der Waals surface area contributed by atoms with Crippen LogP contribution in [0.4, 0.5) is 13.2 Å². The Morgan fingerprint density at radius 2 is 1.74 bits per heavy atom. The average molecular weight is 917 g/mol. The number of para-hydroxylation sites is 1. The molecule has 65 heavy (non-hydrogen) atoms. The topological polar surface area (TPSA) is 149 Å². The number of benzene rings is 3. The lowest BCUT2D eigenvalue weighted by molar-refractivity contribution is -0.144. The number of β-amino-alcohol motifs (C(OH)–C–C–N with tert-alkyl or cyclic N) is 1. The van der Waals surface area contributed by atoms with Crippen molar-refractivity contribution < 1.29 is 42.1 Å². The van der Waals surface area contributed by atoms with E-state index in [1.165, 1.54) is 18.7 Å². The highest BCUT2D eigenvalue weighted by Crippen LogP contribution is 2.44. The molecule has 0 aliphatic carbocycles. The van der Waals surface area contributed by atoms with Gasteiger partial charge in [0.1, 0.15) is 41.7 Å². The van der Waals surface area contributed by atoms with E-state index in [9.17, 15) is 19.5 Å². The van der Waals surface area contributed by atoms with E-state index >= 15 is 13.2 Å². The molecule has 5 atom stereocenters. The van der Waals surface area contributed by atoms with Crippen molar-refractivity contribution in [2.45, 2.75) is 110 Å². The lowest BCUT2D eigenvalue weighted by atomic mass is 9.85. The highest BCUT2D eigenvalue weighted by atomic mass is 32.1. The van der Waals surface area contributed by atoms with E-state index in [1.54, 1.807) is 37.6 Å². The Labute approximate surface area is 381 Å². The second-order valence-electron chi connectivity index (χ2n) is 18.9. The Morgan fingerprint density at radius 3 is 2.40 bits per heavy atom. The Bertz CT molecular complexity index is 2470. The number of aryl methyl sites for hydroxylation is 1. The number of rotatable bonds is 16. The number of aliphatic hydroxyl groups is 1. The molecule has 2 aliphatic rings. The quantitative estimate of drug-likeness (QED) is 0.0742. The summed E-state index contributed by atoms with van der Waals surface area (Å²) in [4.78, 5) is 52.5. The van der Waals surface area contributed by atoms with Gasteiger partial charge >= 0.3 is 0 Å². The van der Waals surface area contributed by atoms with Crippen LogP contribution in [-0.2, 0) is 32.1 Å². The third-order valence-electron chi connectivity index (χ3n) is 12.0. The maximum Gasteiger partial charge on any atom is 0.246 e. The fraction of sp³-hybridized carbons (Fsp3) is 0.469. The van der Waals surface area contributed by atoms with Gasteiger partial charge in [-0.3, -0.25) is 19.3 Å². The van der Waals surface area contributed by atoms with Crippen LogP contribution in [0.15, 0.2) is 66.2 Å². The zero-order valence-electron chi connectivity index (χ0n) is 38.0. The second-order valence-corrected chi connectivity index (χ2v) is 19.8. The molecule has 7 rings (SSSR count). The van der Waals surface area contributed by atoms with Crippen molar-refractivity contribution in [3.63, 3.8) is 0 Å². The molecule has 12 nitrogen and oxygen atoms in total. The number of ether oxygens (including phenoxy) is 2. The molecule has 1 saturated heterocycles. The first-order valence-electron chi connectivity index (χ1n) is 22.1. The van der Waals surface area contributed by atoms with Crippen LogP contribution in [0.3, 0.4) is 0 Å². The molecule has 4 heterocycles. The zero-order valence-corrected chi connectivity index (χ0v) is 38.8. The number of H-pyrrole nitrogens is 1. The van der Waals surface area contributed by atoms with Crippen LogP contribution in [-0.4, -0.2) is 105 Å². The highest BCUT2D eigenvalue weighted by Gasteiger charge is 2.45.